The van der Waals surface area contributed by atoms with Gasteiger partial charge in [-0.15, -0.1) is 33.2 Å². The minimum absolute atomic E-state index is 0. The van der Waals surface area contributed by atoms with Crippen LogP contribution in [0.3, 0.4) is 0 Å². The highest BCUT2D eigenvalue weighted by Gasteiger charge is 2.28. The Morgan fingerprint density at radius 2 is 1.41 bits per heavy atom. The summed E-state index contributed by atoms with van der Waals surface area (Å²) < 4.78 is 0. The highest BCUT2D eigenvalue weighted by Crippen LogP contribution is 2.39. The fraction of sp³-hybridized carbons (Fsp3) is 1.00. The molecule has 2 heteroatoms. The number of unbranched alkanes of at least 4 members (excludes halogenated alkanes) is 4. The maximum absolute atomic E-state index is 3.16. The lowest BCUT2D eigenvalue weighted by Gasteiger charge is -2.36. The molecule has 2 atom stereocenters. The molecule has 0 amide bonds. The van der Waals surface area contributed by atoms with Crippen LogP contribution in [-0.4, -0.2) is 5.16 Å². The molecule has 0 aliphatic heterocycles. The molecule has 2 unspecified atom stereocenters. The van der Waals surface area contributed by atoms with E-state index >= 15 is 0 Å². The van der Waals surface area contributed by atoms with E-state index in [0.717, 1.165) is 5.92 Å². The van der Waals surface area contributed by atoms with Crippen molar-refractivity contribution in [1.29, 1.82) is 0 Å². The maximum Gasteiger partial charge on any atom is -0.0127 e. The molecule has 0 saturated carbocycles. The van der Waals surface area contributed by atoms with Gasteiger partial charge in [-0.3, -0.25) is 0 Å². The first-order chi connectivity index (χ1) is 7.64. The Kier molecular flexibility index (Phi) is 14.7. The van der Waals surface area contributed by atoms with Gasteiger partial charge in [-0.25, -0.2) is 0 Å². The van der Waals surface area contributed by atoms with E-state index in [1.165, 1.54) is 57.8 Å². The van der Waals surface area contributed by atoms with Gasteiger partial charge in [0.1, 0.15) is 0 Å². The van der Waals surface area contributed by atoms with Gasteiger partial charge in [0.2, 0.25) is 0 Å². The highest BCUT2D eigenvalue weighted by atomic mass is 127. The van der Waals surface area contributed by atoms with Crippen molar-refractivity contribution in [3.63, 3.8) is 0 Å². The van der Waals surface area contributed by atoms with Crippen molar-refractivity contribution < 1.29 is 0 Å². The second-order valence-corrected chi connectivity index (χ2v) is 6.40. The summed E-state index contributed by atoms with van der Waals surface area (Å²) in [6, 6.07) is 0. The van der Waals surface area contributed by atoms with Crippen molar-refractivity contribution in [3.8, 4) is 0 Å². The summed E-state index contributed by atoms with van der Waals surface area (Å²) in [4.78, 5) is 0. The molecule has 0 N–H and O–H groups in total. The van der Waals surface area contributed by atoms with Crippen molar-refractivity contribution in [3.05, 3.63) is 0 Å². The van der Waals surface area contributed by atoms with Crippen LogP contribution in [0, 0.1) is 5.92 Å². The van der Waals surface area contributed by atoms with E-state index < -0.39 is 0 Å². The normalized spacial score (nSPS) is 13.2. The first-order valence-electron chi connectivity index (χ1n) is 7.43. The SMILES string of the molecule is CCCCCCCC(CC)C(P)(CC)CC.I. The van der Waals surface area contributed by atoms with Gasteiger partial charge in [0.05, 0.1) is 0 Å². The van der Waals surface area contributed by atoms with E-state index in [2.05, 4.69) is 36.9 Å². The minimum atomic E-state index is 0. The van der Waals surface area contributed by atoms with E-state index in [-0.39, 0.29) is 24.0 Å². The summed E-state index contributed by atoms with van der Waals surface area (Å²) in [6.45, 7) is 9.34. The molecule has 0 aromatic rings. The topological polar surface area (TPSA) is 0 Å². The third kappa shape index (κ3) is 8.03. The summed E-state index contributed by atoms with van der Waals surface area (Å²) in [7, 11) is 3.16. The van der Waals surface area contributed by atoms with Gasteiger partial charge in [0.25, 0.3) is 0 Å². The zero-order chi connectivity index (χ0) is 12.4. The van der Waals surface area contributed by atoms with Crippen molar-refractivity contribution in [2.75, 3.05) is 0 Å². The predicted octanol–water partition coefficient (Wildman–Crippen LogP) is 6.43. The molecule has 0 rings (SSSR count). The van der Waals surface area contributed by atoms with Crippen LogP contribution >= 0.6 is 33.2 Å². The Balaban J connectivity index is 0. The standard InChI is InChI=1S/C15H33P.HI/c1-5-9-10-11-12-13-14(6-2)15(16,7-3)8-4;/h14H,5-13,16H2,1-4H3;1H. The third-order valence-corrected chi connectivity index (χ3v) is 5.57. The molecule has 0 fully saturated rings. The van der Waals surface area contributed by atoms with E-state index in [4.69, 9.17) is 0 Å². The second kappa shape index (κ2) is 12.2. The maximum atomic E-state index is 3.16. The van der Waals surface area contributed by atoms with Crippen LogP contribution in [0.1, 0.15) is 85.5 Å². The van der Waals surface area contributed by atoms with Gasteiger partial charge >= 0.3 is 0 Å². The Labute approximate surface area is 129 Å². The molecule has 0 heterocycles. The Morgan fingerprint density at radius 1 is 0.882 bits per heavy atom. The average molecular weight is 372 g/mol. The van der Waals surface area contributed by atoms with E-state index in [9.17, 15) is 0 Å². The van der Waals surface area contributed by atoms with Crippen LogP contribution in [-0.2, 0) is 0 Å². The van der Waals surface area contributed by atoms with Crippen molar-refractivity contribution in [2.45, 2.75) is 90.6 Å². The van der Waals surface area contributed by atoms with Gasteiger partial charge in [0, 0.05) is 0 Å². The van der Waals surface area contributed by atoms with Crippen molar-refractivity contribution >= 4 is 33.2 Å². The summed E-state index contributed by atoms with van der Waals surface area (Å²) >= 11 is 0. The number of hydrogen-bond donors (Lipinski definition) is 0. The molecule has 0 spiro atoms. The number of hydrogen-bond acceptors (Lipinski definition) is 0. The van der Waals surface area contributed by atoms with Crippen molar-refractivity contribution in [1.82, 2.24) is 0 Å². The van der Waals surface area contributed by atoms with Gasteiger partial charge in [0.15, 0.2) is 0 Å². The average Bonchev–Trinajstić information content (AvgIpc) is 2.33. The molecular formula is C15H34IP. The first-order valence-corrected chi connectivity index (χ1v) is 8.01. The van der Waals surface area contributed by atoms with Crippen LogP contribution < -0.4 is 0 Å². The van der Waals surface area contributed by atoms with Gasteiger partial charge in [-0.05, 0) is 30.3 Å². The fourth-order valence-electron chi connectivity index (χ4n) is 2.72. The van der Waals surface area contributed by atoms with Crippen molar-refractivity contribution in [2.24, 2.45) is 5.92 Å². The molecule has 0 nitrogen and oxygen atoms in total. The molecule has 0 aromatic heterocycles. The largest absolute Gasteiger partial charge is 0.131 e. The molecular weight excluding hydrogens is 338 g/mol. The lowest BCUT2D eigenvalue weighted by Crippen LogP contribution is -2.29. The molecule has 0 aliphatic carbocycles. The molecule has 0 bridgehead atoms. The predicted molar refractivity (Wildman–Crippen MR) is 95.6 cm³/mol. The quantitative estimate of drug-likeness (QED) is 0.236. The summed E-state index contributed by atoms with van der Waals surface area (Å²) in [6.07, 6.45) is 12.5. The number of halogens is 1. The van der Waals surface area contributed by atoms with E-state index in [1.54, 1.807) is 0 Å². The summed E-state index contributed by atoms with van der Waals surface area (Å²) in [5.74, 6) is 0.911. The van der Waals surface area contributed by atoms with Gasteiger partial charge in [-0.2, -0.15) is 0 Å². The Bertz CT molecular complexity index is 155. The minimum Gasteiger partial charge on any atom is -0.131 e. The van der Waals surface area contributed by atoms with Crippen LogP contribution in [0.4, 0.5) is 0 Å². The summed E-state index contributed by atoms with van der Waals surface area (Å²) in [5.41, 5.74) is 0. The van der Waals surface area contributed by atoms with Crippen LogP contribution in [0.2, 0.25) is 0 Å². The second-order valence-electron chi connectivity index (χ2n) is 5.25. The molecule has 0 aliphatic rings. The summed E-state index contributed by atoms with van der Waals surface area (Å²) in [5, 5.41) is 0.513. The zero-order valence-electron chi connectivity index (χ0n) is 12.4. The Hall–Kier alpha value is 1.16. The lowest BCUT2D eigenvalue weighted by molar-refractivity contribution is 0.313. The van der Waals surface area contributed by atoms with E-state index in [1.807, 2.05) is 0 Å². The van der Waals surface area contributed by atoms with Gasteiger partial charge < -0.3 is 0 Å². The molecule has 17 heavy (non-hydrogen) atoms. The third-order valence-electron chi connectivity index (χ3n) is 4.28. The van der Waals surface area contributed by atoms with Gasteiger partial charge in [-0.1, -0.05) is 66.2 Å². The zero-order valence-corrected chi connectivity index (χ0v) is 15.9. The fourth-order valence-corrected chi connectivity index (χ4v) is 3.12. The smallest absolute Gasteiger partial charge is 0.0127 e. The van der Waals surface area contributed by atoms with Crippen LogP contribution in [0.25, 0.3) is 0 Å². The van der Waals surface area contributed by atoms with E-state index in [0.29, 0.717) is 5.16 Å². The lowest BCUT2D eigenvalue weighted by atomic mass is 9.81. The molecule has 106 valence electrons. The molecule has 0 saturated heterocycles. The molecule has 0 radical (unpaired) electrons. The monoisotopic (exact) mass is 372 g/mol. The molecule has 0 aromatic carbocycles. The number of rotatable bonds is 10. The van der Waals surface area contributed by atoms with Crippen LogP contribution in [0.5, 0.6) is 0 Å². The highest BCUT2D eigenvalue weighted by molar-refractivity contribution is 14.0. The Morgan fingerprint density at radius 3 is 1.82 bits per heavy atom. The first kappa shape index (κ1) is 20.5. The van der Waals surface area contributed by atoms with Crippen LogP contribution in [0.15, 0.2) is 0 Å².